The van der Waals surface area contributed by atoms with Crippen molar-refractivity contribution in [1.82, 2.24) is 14.8 Å². The van der Waals surface area contributed by atoms with Crippen molar-refractivity contribution < 1.29 is 9.53 Å². The first kappa shape index (κ1) is 23.4. The number of carbonyl (C=O) groups is 1. The van der Waals surface area contributed by atoms with Crippen LogP contribution in [0.3, 0.4) is 0 Å². The summed E-state index contributed by atoms with van der Waals surface area (Å²) in [4.78, 5) is 12.5. The zero-order valence-corrected chi connectivity index (χ0v) is 20.1. The summed E-state index contributed by atoms with van der Waals surface area (Å²) in [5.41, 5.74) is 1.79. The molecule has 0 bridgehead atoms. The average molecular weight is 458 g/mol. The van der Waals surface area contributed by atoms with Crippen LogP contribution in [0.2, 0.25) is 5.02 Å². The molecule has 0 amide bonds. The van der Waals surface area contributed by atoms with Crippen LogP contribution >= 0.6 is 23.4 Å². The summed E-state index contributed by atoms with van der Waals surface area (Å²) < 4.78 is 8.34. The maximum atomic E-state index is 12.5. The fourth-order valence-electron chi connectivity index (χ4n) is 3.31. The summed E-state index contributed by atoms with van der Waals surface area (Å²) in [6.45, 7) is 10.4. The molecule has 0 aliphatic rings. The fraction of sp³-hybridized carbons (Fsp3) is 0.375. The van der Waals surface area contributed by atoms with E-state index < -0.39 is 0 Å². The van der Waals surface area contributed by atoms with Gasteiger partial charge in [-0.05, 0) is 62.6 Å². The molecule has 5 nitrogen and oxygen atoms in total. The highest BCUT2D eigenvalue weighted by Crippen LogP contribution is 2.32. The minimum Gasteiger partial charge on any atom is -0.482 e. The van der Waals surface area contributed by atoms with Gasteiger partial charge in [-0.3, -0.25) is 4.79 Å². The first-order valence-corrected chi connectivity index (χ1v) is 11.8. The Bertz CT molecular complexity index is 1030. The van der Waals surface area contributed by atoms with Gasteiger partial charge in [-0.2, -0.15) is 0 Å². The van der Waals surface area contributed by atoms with Crippen LogP contribution in [-0.2, 0) is 0 Å². The van der Waals surface area contributed by atoms with Gasteiger partial charge in [0.25, 0.3) is 0 Å². The Morgan fingerprint density at radius 3 is 2.35 bits per heavy atom. The summed E-state index contributed by atoms with van der Waals surface area (Å²) in [7, 11) is 0. The van der Waals surface area contributed by atoms with Crippen molar-refractivity contribution >= 4 is 29.1 Å². The number of benzene rings is 2. The van der Waals surface area contributed by atoms with E-state index in [4.69, 9.17) is 16.3 Å². The molecule has 1 unspecified atom stereocenters. The van der Waals surface area contributed by atoms with Gasteiger partial charge in [-0.1, -0.05) is 55.4 Å². The van der Waals surface area contributed by atoms with E-state index in [9.17, 15) is 4.79 Å². The lowest BCUT2D eigenvalue weighted by atomic mass is 10.0. The number of hydrogen-bond donors (Lipinski definition) is 0. The summed E-state index contributed by atoms with van der Waals surface area (Å²) in [5, 5.41) is 10.1. The summed E-state index contributed by atoms with van der Waals surface area (Å²) in [6, 6.07) is 15.1. The monoisotopic (exact) mass is 457 g/mol. The molecule has 1 atom stereocenters. The largest absolute Gasteiger partial charge is 0.482 e. The molecule has 7 heteroatoms. The molecule has 31 heavy (non-hydrogen) atoms. The van der Waals surface area contributed by atoms with Crippen LogP contribution in [0.25, 0.3) is 0 Å². The molecule has 1 aromatic heterocycles. The van der Waals surface area contributed by atoms with E-state index >= 15 is 0 Å². The number of aromatic nitrogens is 3. The number of Topliss-reactive ketones (excluding diaryl/α,β-unsaturated/α-hetero) is 1. The minimum absolute atomic E-state index is 0.0247. The highest BCUT2D eigenvalue weighted by molar-refractivity contribution is 7.99. The smallest absolute Gasteiger partial charge is 0.192 e. The van der Waals surface area contributed by atoms with Crippen LogP contribution in [-0.4, -0.2) is 26.3 Å². The first-order valence-electron chi connectivity index (χ1n) is 10.4. The summed E-state index contributed by atoms with van der Waals surface area (Å²) >= 11 is 7.30. The number of ether oxygens (including phenoxy) is 1. The van der Waals surface area contributed by atoms with Crippen LogP contribution in [0.15, 0.2) is 53.7 Å². The van der Waals surface area contributed by atoms with Gasteiger partial charge in [0, 0.05) is 16.6 Å². The number of para-hydroxylation sites is 1. The molecule has 2 aromatic carbocycles. The molecule has 0 saturated heterocycles. The van der Waals surface area contributed by atoms with Gasteiger partial charge in [0.1, 0.15) is 5.75 Å². The number of thioether (sulfide) groups is 1. The molecular formula is C24H28ClN3O2S. The van der Waals surface area contributed by atoms with Gasteiger partial charge in [0.05, 0.1) is 5.75 Å². The van der Waals surface area contributed by atoms with Crippen molar-refractivity contribution in [1.29, 1.82) is 0 Å². The molecule has 0 saturated carbocycles. The third kappa shape index (κ3) is 5.69. The van der Waals surface area contributed by atoms with E-state index in [2.05, 4.69) is 44.0 Å². The van der Waals surface area contributed by atoms with Crippen LogP contribution in [0, 0.1) is 0 Å². The van der Waals surface area contributed by atoms with Gasteiger partial charge in [-0.15, -0.1) is 10.2 Å². The van der Waals surface area contributed by atoms with E-state index in [0.717, 1.165) is 17.1 Å². The Morgan fingerprint density at radius 1 is 1.03 bits per heavy atom. The third-order valence-electron chi connectivity index (χ3n) is 4.91. The molecule has 0 N–H and O–H groups in total. The van der Waals surface area contributed by atoms with E-state index in [0.29, 0.717) is 21.7 Å². The molecule has 3 rings (SSSR count). The van der Waals surface area contributed by atoms with Gasteiger partial charge >= 0.3 is 0 Å². The number of halogens is 1. The van der Waals surface area contributed by atoms with Crippen LogP contribution in [0.4, 0.5) is 0 Å². The second-order valence-corrected chi connectivity index (χ2v) is 9.35. The lowest BCUT2D eigenvalue weighted by molar-refractivity contribution is 0.102. The van der Waals surface area contributed by atoms with E-state index in [1.807, 2.05) is 29.7 Å². The Balaban J connectivity index is 1.77. The van der Waals surface area contributed by atoms with E-state index in [1.54, 1.807) is 24.3 Å². The van der Waals surface area contributed by atoms with Crippen LogP contribution in [0.5, 0.6) is 5.75 Å². The highest BCUT2D eigenvalue weighted by Gasteiger charge is 2.23. The zero-order chi connectivity index (χ0) is 22.5. The summed E-state index contributed by atoms with van der Waals surface area (Å²) in [6.07, 6.45) is -0.281. The number of rotatable bonds is 9. The van der Waals surface area contributed by atoms with Gasteiger partial charge in [0.2, 0.25) is 0 Å². The fourth-order valence-corrected chi connectivity index (χ4v) is 4.40. The minimum atomic E-state index is -0.281. The summed E-state index contributed by atoms with van der Waals surface area (Å²) in [5.74, 6) is 2.26. The quantitative estimate of drug-likeness (QED) is 0.262. The molecule has 0 aliphatic heterocycles. The van der Waals surface area contributed by atoms with Crippen molar-refractivity contribution in [2.24, 2.45) is 0 Å². The molecule has 0 radical (unpaired) electrons. The molecule has 1 heterocycles. The second-order valence-electron chi connectivity index (χ2n) is 7.98. The van der Waals surface area contributed by atoms with Gasteiger partial charge in [0.15, 0.2) is 22.9 Å². The number of carbonyl (C=O) groups excluding carboxylic acids is 1. The topological polar surface area (TPSA) is 57.0 Å². The Kier molecular flexibility index (Phi) is 7.79. The van der Waals surface area contributed by atoms with Gasteiger partial charge < -0.3 is 9.30 Å². The van der Waals surface area contributed by atoms with Crippen molar-refractivity contribution in [2.45, 2.75) is 57.8 Å². The Labute approximate surface area is 193 Å². The van der Waals surface area contributed by atoms with E-state index in [1.165, 1.54) is 11.8 Å². The van der Waals surface area contributed by atoms with Crippen LogP contribution < -0.4 is 4.74 Å². The molecule has 3 aromatic rings. The number of hydrogen-bond acceptors (Lipinski definition) is 5. The van der Waals surface area contributed by atoms with E-state index in [-0.39, 0.29) is 23.7 Å². The van der Waals surface area contributed by atoms with Crippen molar-refractivity contribution in [3.05, 3.63) is 70.5 Å². The zero-order valence-electron chi connectivity index (χ0n) is 18.5. The Hall–Kier alpha value is -2.31. The lowest BCUT2D eigenvalue weighted by Crippen LogP contribution is -2.15. The highest BCUT2D eigenvalue weighted by atomic mass is 35.5. The van der Waals surface area contributed by atoms with Crippen molar-refractivity contribution in [2.75, 3.05) is 5.75 Å². The molecule has 0 fully saturated rings. The standard InChI is InChI=1S/C24H28ClN3O2S/c1-15(2)20-8-6-7-9-22(20)30-17(5)23-26-27-24(28(23)16(3)4)31-14-21(29)18-10-12-19(25)13-11-18/h6-13,15-17H,14H2,1-5H3. The predicted octanol–water partition coefficient (Wildman–Crippen LogP) is 6.75. The van der Waals surface area contributed by atoms with Crippen molar-refractivity contribution in [3.63, 3.8) is 0 Å². The average Bonchev–Trinajstić information content (AvgIpc) is 3.17. The third-order valence-corrected chi connectivity index (χ3v) is 6.11. The normalized spacial score (nSPS) is 12.4. The van der Waals surface area contributed by atoms with Gasteiger partial charge in [-0.25, -0.2) is 0 Å². The van der Waals surface area contributed by atoms with Crippen molar-refractivity contribution in [3.8, 4) is 5.75 Å². The van der Waals surface area contributed by atoms with Crippen LogP contribution in [0.1, 0.15) is 74.4 Å². The predicted molar refractivity (Wildman–Crippen MR) is 126 cm³/mol. The molecule has 0 spiro atoms. The SMILES string of the molecule is CC(C)c1ccccc1OC(C)c1nnc(SCC(=O)c2ccc(Cl)cc2)n1C(C)C. The first-order chi connectivity index (χ1) is 14.8. The number of ketones is 1. The number of nitrogens with zero attached hydrogens (tertiary/aromatic N) is 3. The second kappa shape index (κ2) is 10.3. The molecule has 0 aliphatic carbocycles. The molecular weight excluding hydrogens is 430 g/mol. The maximum Gasteiger partial charge on any atom is 0.192 e. The Morgan fingerprint density at radius 2 is 1.71 bits per heavy atom. The maximum absolute atomic E-state index is 12.5. The molecule has 164 valence electrons. The lowest BCUT2D eigenvalue weighted by Gasteiger charge is -2.21.